The molecule has 0 saturated carbocycles. The second-order valence-corrected chi connectivity index (χ2v) is 6.83. The first-order chi connectivity index (χ1) is 12.2. The van der Waals surface area contributed by atoms with E-state index in [0.717, 1.165) is 64.2 Å². The number of carbonyl (C=O) groups is 2. The Balaban J connectivity index is 1.46. The van der Waals surface area contributed by atoms with Crippen molar-refractivity contribution in [1.82, 2.24) is 14.7 Å². The Bertz CT molecular complexity index is 606. The van der Waals surface area contributed by atoms with Gasteiger partial charge in [-0.15, -0.1) is 0 Å². The summed E-state index contributed by atoms with van der Waals surface area (Å²) in [6.45, 7) is 6.92. The predicted molar refractivity (Wildman–Crippen MR) is 95.3 cm³/mol. The molecule has 136 valence electrons. The van der Waals surface area contributed by atoms with E-state index < -0.39 is 0 Å². The first-order valence-electron chi connectivity index (χ1n) is 9.05. The number of likely N-dealkylation sites (tertiary alicyclic amines) is 1. The molecule has 1 amide bonds. The van der Waals surface area contributed by atoms with E-state index in [4.69, 9.17) is 4.74 Å². The maximum Gasteiger partial charge on any atom is 0.337 e. The summed E-state index contributed by atoms with van der Waals surface area (Å²) in [7, 11) is 1.40. The van der Waals surface area contributed by atoms with E-state index in [9.17, 15) is 9.59 Å². The third-order valence-corrected chi connectivity index (χ3v) is 5.04. The lowest BCUT2D eigenvalue weighted by Crippen LogP contribution is -2.49. The summed E-state index contributed by atoms with van der Waals surface area (Å²) in [6.07, 6.45) is 2.29. The Morgan fingerprint density at radius 3 is 2.36 bits per heavy atom. The molecule has 2 fully saturated rings. The standard InChI is InChI=1S/C19H27N3O3/c1-25-19(24)17-6-4-5-16(13-17)14-20-9-11-21(12-10-20)15-18(23)22-7-2-3-8-22/h4-6,13H,2-3,7-12,14-15H2,1H3. The van der Waals surface area contributed by atoms with Crippen LogP contribution in [-0.4, -0.2) is 79.5 Å². The first-order valence-corrected chi connectivity index (χ1v) is 9.05. The van der Waals surface area contributed by atoms with Gasteiger partial charge in [-0.05, 0) is 30.5 Å². The number of benzene rings is 1. The normalized spacial score (nSPS) is 19.2. The van der Waals surface area contributed by atoms with Gasteiger partial charge in [-0.1, -0.05) is 12.1 Å². The second-order valence-electron chi connectivity index (χ2n) is 6.83. The number of rotatable bonds is 5. The Kier molecular flexibility index (Phi) is 6.04. The number of esters is 1. The van der Waals surface area contributed by atoms with Crippen molar-refractivity contribution in [3.05, 3.63) is 35.4 Å². The van der Waals surface area contributed by atoms with E-state index in [1.54, 1.807) is 6.07 Å². The first kappa shape index (κ1) is 17.9. The molecule has 0 spiro atoms. The zero-order valence-electron chi connectivity index (χ0n) is 14.9. The Hall–Kier alpha value is -1.92. The molecule has 2 saturated heterocycles. The molecule has 2 aliphatic heterocycles. The van der Waals surface area contributed by atoms with Crippen molar-refractivity contribution in [1.29, 1.82) is 0 Å². The predicted octanol–water partition coefficient (Wildman–Crippen LogP) is 1.21. The van der Waals surface area contributed by atoms with Crippen molar-refractivity contribution in [2.45, 2.75) is 19.4 Å². The van der Waals surface area contributed by atoms with Crippen LogP contribution in [0, 0.1) is 0 Å². The van der Waals surface area contributed by atoms with Crippen LogP contribution < -0.4 is 0 Å². The minimum absolute atomic E-state index is 0.275. The summed E-state index contributed by atoms with van der Waals surface area (Å²) >= 11 is 0. The summed E-state index contributed by atoms with van der Waals surface area (Å²) in [5, 5.41) is 0. The lowest BCUT2D eigenvalue weighted by Gasteiger charge is -2.35. The SMILES string of the molecule is COC(=O)c1cccc(CN2CCN(CC(=O)N3CCCC3)CC2)c1. The Morgan fingerprint density at radius 1 is 1.00 bits per heavy atom. The molecule has 1 aromatic carbocycles. The van der Waals surface area contributed by atoms with Gasteiger partial charge < -0.3 is 9.64 Å². The van der Waals surface area contributed by atoms with Crippen LogP contribution in [0.4, 0.5) is 0 Å². The van der Waals surface area contributed by atoms with E-state index in [0.29, 0.717) is 12.1 Å². The van der Waals surface area contributed by atoms with Crippen LogP contribution in [0.1, 0.15) is 28.8 Å². The molecule has 0 aliphatic carbocycles. The summed E-state index contributed by atoms with van der Waals surface area (Å²) in [4.78, 5) is 30.5. The van der Waals surface area contributed by atoms with Crippen molar-refractivity contribution in [2.75, 3.05) is 52.9 Å². The van der Waals surface area contributed by atoms with Gasteiger partial charge in [0.25, 0.3) is 0 Å². The second kappa shape index (κ2) is 8.45. The van der Waals surface area contributed by atoms with Crippen LogP contribution in [0.5, 0.6) is 0 Å². The van der Waals surface area contributed by atoms with Gasteiger partial charge in [0, 0.05) is 45.8 Å². The zero-order chi connectivity index (χ0) is 17.6. The summed E-state index contributed by atoms with van der Waals surface area (Å²) in [5.41, 5.74) is 1.71. The molecule has 0 bridgehead atoms. The fraction of sp³-hybridized carbons (Fsp3) is 0.579. The highest BCUT2D eigenvalue weighted by molar-refractivity contribution is 5.89. The minimum atomic E-state index is -0.299. The highest BCUT2D eigenvalue weighted by Crippen LogP contribution is 2.13. The van der Waals surface area contributed by atoms with Crippen LogP contribution in [0.3, 0.4) is 0 Å². The van der Waals surface area contributed by atoms with E-state index in [2.05, 4.69) is 9.80 Å². The maximum absolute atomic E-state index is 12.2. The number of ether oxygens (including phenoxy) is 1. The van der Waals surface area contributed by atoms with Crippen LogP contribution in [0.25, 0.3) is 0 Å². The highest BCUT2D eigenvalue weighted by atomic mass is 16.5. The quantitative estimate of drug-likeness (QED) is 0.751. The van der Waals surface area contributed by atoms with E-state index >= 15 is 0 Å². The smallest absolute Gasteiger partial charge is 0.337 e. The van der Waals surface area contributed by atoms with Crippen molar-refractivity contribution in [2.24, 2.45) is 0 Å². The lowest BCUT2D eigenvalue weighted by atomic mass is 10.1. The summed E-state index contributed by atoms with van der Waals surface area (Å²) in [6, 6.07) is 7.61. The molecule has 0 N–H and O–H groups in total. The van der Waals surface area contributed by atoms with Gasteiger partial charge in [-0.25, -0.2) is 4.79 Å². The van der Waals surface area contributed by atoms with Crippen LogP contribution in [0.15, 0.2) is 24.3 Å². The van der Waals surface area contributed by atoms with E-state index in [-0.39, 0.29) is 11.9 Å². The molecule has 0 unspecified atom stereocenters. The fourth-order valence-electron chi connectivity index (χ4n) is 3.54. The van der Waals surface area contributed by atoms with Crippen molar-refractivity contribution in [3.63, 3.8) is 0 Å². The molecular formula is C19H27N3O3. The number of amides is 1. The van der Waals surface area contributed by atoms with E-state index in [1.807, 2.05) is 23.1 Å². The van der Waals surface area contributed by atoms with Crippen molar-refractivity contribution in [3.8, 4) is 0 Å². The fourth-order valence-corrected chi connectivity index (χ4v) is 3.54. The number of nitrogens with zero attached hydrogens (tertiary/aromatic N) is 3. The largest absolute Gasteiger partial charge is 0.465 e. The topological polar surface area (TPSA) is 53.1 Å². The highest BCUT2D eigenvalue weighted by Gasteiger charge is 2.23. The Labute approximate surface area is 149 Å². The van der Waals surface area contributed by atoms with Gasteiger partial charge in [-0.2, -0.15) is 0 Å². The third-order valence-electron chi connectivity index (χ3n) is 5.04. The number of hydrogen-bond donors (Lipinski definition) is 0. The summed E-state index contributed by atoms with van der Waals surface area (Å²) < 4.78 is 4.78. The molecule has 0 atom stereocenters. The van der Waals surface area contributed by atoms with Gasteiger partial charge in [0.05, 0.1) is 19.2 Å². The molecule has 2 heterocycles. The number of hydrogen-bond acceptors (Lipinski definition) is 5. The molecule has 6 nitrogen and oxygen atoms in total. The van der Waals surface area contributed by atoms with Crippen molar-refractivity contribution < 1.29 is 14.3 Å². The van der Waals surface area contributed by atoms with Gasteiger partial charge in [0.2, 0.25) is 5.91 Å². The molecule has 0 radical (unpaired) electrons. The van der Waals surface area contributed by atoms with E-state index in [1.165, 1.54) is 7.11 Å². The molecule has 0 aromatic heterocycles. The monoisotopic (exact) mass is 345 g/mol. The number of piperazine rings is 1. The van der Waals surface area contributed by atoms with Crippen molar-refractivity contribution >= 4 is 11.9 Å². The lowest BCUT2D eigenvalue weighted by molar-refractivity contribution is -0.131. The molecule has 1 aromatic rings. The average molecular weight is 345 g/mol. The molecule has 25 heavy (non-hydrogen) atoms. The van der Waals surface area contributed by atoms with Crippen LogP contribution >= 0.6 is 0 Å². The van der Waals surface area contributed by atoms with Gasteiger partial charge in [0.1, 0.15) is 0 Å². The summed E-state index contributed by atoms with van der Waals surface area (Å²) in [5.74, 6) is -0.0242. The molecular weight excluding hydrogens is 318 g/mol. The van der Waals surface area contributed by atoms with Crippen LogP contribution in [-0.2, 0) is 16.1 Å². The minimum Gasteiger partial charge on any atom is -0.465 e. The zero-order valence-corrected chi connectivity index (χ0v) is 14.9. The van der Waals surface area contributed by atoms with Gasteiger partial charge in [-0.3, -0.25) is 14.6 Å². The molecule has 6 heteroatoms. The van der Waals surface area contributed by atoms with Gasteiger partial charge >= 0.3 is 5.97 Å². The molecule has 3 rings (SSSR count). The number of methoxy groups -OCH3 is 1. The van der Waals surface area contributed by atoms with Crippen LogP contribution in [0.2, 0.25) is 0 Å². The Morgan fingerprint density at radius 2 is 1.68 bits per heavy atom. The average Bonchev–Trinajstić information content (AvgIpc) is 3.18. The molecule has 2 aliphatic rings. The van der Waals surface area contributed by atoms with Gasteiger partial charge in [0.15, 0.2) is 0 Å². The number of carbonyl (C=O) groups excluding carboxylic acids is 2. The third kappa shape index (κ3) is 4.80. The maximum atomic E-state index is 12.2.